The molecule has 0 saturated carbocycles. The smallest absolute Gasteiger partial charge is 0.260 e. The molecule has 0 spiro atoms. The van der Waals surface area contributed by atoms with Crippen LogP contribution in [0.4, 0.5) is 5.69 Å². The van der Waals surface area contributed by atoms with Crippen LogP contribution in [0.3, 0.4) is 0 Å². The average molecular weight is 357 g/mol. The van der Waals surface area contributed by atoms with Crippen LogP contribution in [0.1, 0.15) is 26.6 Å². The molecule has 4 nitrogen and oxygen atoms in total. The molecule has 96 valence electrons. The van der Waals surface area contributed by atoms with E-state index in [-0.39, 0.29) is 5.41 Å². The van der Waals surface area contributed by atoms with E-state index in [4.69, 9.17) is 10.3 Å². The van der Waals surface area contributed by atoms with E-state index in [0.29, 0.717) is 11.6 Å². The Hall–Kier alpha value is -1.11. The van der Waals surface area contributed by atoms with Crippen molar-refractivity contribution in [2.24, 2.45) is 5.41 Å². The number of nitrogens with zero attached hydrogens (tertiary/aromatic N) is 2. The average Bonchev–Trinajstić information content (AvgIpc) is 2.67. The fourth-order valence-electron chi connectivity index (χ4n) is 1.62. The molecule has 0 saturated heterocycles. The molecule has 1 aromatic heterocycles. The molecule has 0 fully saturated rings. The molecule has 18 heavy (non-hydrogen) atoms. The highest BCUT2D eigenvalue weighted by Gasteiger charge is 2.17. The standard InChI is InChI=1S/C13H16IN3O/c1-13(2,3)7-11-16-12(18-17-11)9-6-8(14)4-5-10(9)15/h4-6H,7,15H2,1-3H3. The lowest BCUT2D eigenvalue weighted by molar-refractivity contribution is 0.374. The van der Waals surface area contributed by atoms with Crippen molar-refractivity contribution in [3.05, 3.63) is 27.6 Å². The fourth-order valence-corrected chi connectivity index (χ4v) is 2.11. The van der Waals surface area contributed by atoms with Gasteiger partial charge in [-0.15, -0.1) is 0 Å². The van der Waals surface area contributed by atoms with Gasteiger partial charge in [0.05, 0.1) is 5.56 Å². The van der Waals surface area contributed by atoms with Crippen molar-refractivity contribution >= 4 is 28.3 Å². The predicted molar refractivity (Wildman–Crippen MR) is 80.0 cm³/mol. The fraction of sp³-hybridized carbons (Fsp3) is 0.385. The Morgan fingerprint density at radius 3 is 2.72 bits per heavy atom. The number of rotatable bonds is 2. The quantitative estimate of drug-likeness (QED) is 0.660. The molecule has 2 N–H and O–H groups in total. The molecule has 0 bridgehead atoms. The van der Waals surface area contributed by atoms with Gasteiger partial charge in [-0.25, -0.2) is 0 Å². The van der Waals surface area contributed by atoms with Gasteiger partial charge >= 0.3 is 0 Å². The molecule has 0 aliphatic carbocycles. The van der Waals surface area contributed by atoms with Crippen molar-refractivity contribution in [2.75, 3.05) is 5.73 Å². The number of aromatic nitrogens is 2. The zero-order valence-electron chi connectivity index (χ0n) is 10.7. The maximum atomic E-state index is 5.93. The van der Waals surface area contributed by atoms with E-state index in [9.17, 15) is 0 Å². The van der Waals surface area contributed by atoms with Gasteiger partial charge in [-0.2, -0.15) is 4.98 Å². The van der Waals surface area contributed by atoms with E-state index in [1.54, 1.807) is 0 Å². The van der Waals surface area contributed by atoms with Gasteiger partial charge in [0.2, 0.25) is 0 Å². The summed E-state index contributed by atoms with van der Waals surface area (Å²) >= 11 is 2.23. The van der Waals surface area contributed by atoms with Gasteiger partial charge in [-0.1, -0.05) is 25.9 Å². The van der Waals surface area contributed by atoms with Crippen LogP contribution in [0.2, 0.25) is 0 Å². The zero-order valence-corrected chi connectivity index (χ0v) is 12.9. The topological polar surface area (TPSA) is 64.9 Å². The van der Waals surface area contributed by atoms with Crippen molar-refractivity contribution in [1.29, 1.82) is 0 Å². The molecule has 0 aliphatic rings. The summed E-state index contributed by atoms with van der Waals surface area (Å²) in [4.78, 5) is 4.41. The summed E-state index contributed by atoms with van der Waals surface area (Å²) in [5.74, 6) is 1.21. The Balaban J connectivity index is 2.32. The predicted octanol–water partition coefficient (Wildman–Crippen LogP) is 3.51. The second kappa shape index (κ2) is 4.87. The highest BCUT2D eigenvalue weighted by Crippen LogP contribution is 2.27. The number of anilines is 1. The second-order valence-corrected chi connectivity index (χ2v) is 6.73. The first-order valence-electron chi connectivity index (χ1n) is 5.73. The maximum absolute atomic E-state index is 5.93. The van der Waals surface area contributed by atoms with E-state index in [0.717, 1.165) is 21.4 Å². The highest BCUT2D eigenvalue weighted by molar-refractivity contribution is 14.1. The van der Waals surface area contributed by atoms with Crippen molar-refractivity contribution < 1.29 is 4.52 Å². The van der Waals surface area contributed by atoms with Crippen LogP contribution < -0.4 is 5.73 Å². The van der Waals surface area contributed by atoms with Crippen molar-refractivity contribution in [2.45, 2.75) is 27.2 Å². The summed E-state index contributed by atoms with van der Waals surface area (Å²) in [6, 6.07) is 5.75. The number of nitrogens with two attached hydrogens (primary N) is 1. The van der Waals surface area contributed by atoms with Crippen LogP contribution in [0, 0.1) is 8.99 Å². The van der Waals surface area contributed by atoms with Gasteiger partial charge in [-0.3, -0.25) is 0 Å². The minimum atomic E-state index is 0.137. The van der Waals surface area contributed by atoms with E-state index >= 15 is 0 Å². The first-order chi connectivity index (χ1) is 8.35. The molecular weight excluding hydrogens is 341 g/mol. The van der Waals surface area contributed by atoms with Crippen LogP contribution in [0.5, 0.6) is 0 Å². The summed E-state index contributed by atoms with van der Waals surface area (Å²) < 4.78 is 6.38. The molecule has 1 aromatic carbocycles. The largest absolute Gasteiger partial charge is 0.398 e. The summed E-state index contributed by atoms with van der Waals surface area (Å²) in [6.07, 6.45) is 0.778. The lowest BCUT2D eigenvalue weighted by Crippen LogP contribution is -2.10. The molecule has 0 amide bonds. The zero-order chi connectivity index (χ0) is 13.3. The Bertz CT molecular complexity index is 558. The van der Waals surface area contributed by atoms with Crippen LogP contribution >= 0.6 is 22.6 Å². The van der Waals surface area contributed by atoms with Crippen LogP contribution in [0.25, 0.3) is 11.5 Å². The van der Waals surface area contributed by atoms with Gasteiger partial charge < -0.3 is 10.3 Å². The molecule has 2 rings (SSSR count). The van der Waals surface area contributed by atoms with Gasteiger partial charge in [0.25, 0.3) is 5.89 Å². The van der Waals surface area contributed by atoms with Gasteiger partial charge in [0.1, 0.15) is 0 Å². The monoisotopic (exact) mass is 357 g/mol. The Labute approximate surface area is 120 Å². The van der Waals surface area contributed by atoms with E-state index in [2.05, 4.69) is 53.5 Å². The minimum Gasteiger partial charge on any atom is -0.398 e. The second-order valence-electron chi connectivity index (χ2n) is 5.48. The van der Waals surface area contributed by atoms with Crippen LogP contribution in [-0.4, -0.2) is 10.1 Å². The first kappa shape index (κ1) is 13.3. The van der Waals surface area contributed by atoms with Gasteiger partial charge in [0.15, 0.2) is 5.82 Å². The van der Waals surface area contributed by atoms with E-state index in [1.807, 2.05) is 18.2 Å². The molecular formula is C13H16IN3O. The van der Waals surface area contributed by atoms with E-state index in [1.165, 1.54) is 0 Å². The molecule has 0 atom stereocenters. The van der Waals surface area contributed by atoms with Crippen molar-refractivity contribution in [3.63, 3.8) is 0 Å². The Kier molecular flexibility index (Phi) is 3.61. The Morgan fingerprint density at radius 1 is 1.33 bits per heavy atom. The van der Waals surface area contributed by atoms with E-state index < -0.39 is 0 Å². The SMILES string of the molecule is CC(C)(C)Cc1noc(-c2cc(I)ccc2N)n1. The first-order valence-corrected chi connectivity index (χ1v) is 6.81. The minimum absolute atomic E-state index is 0.137. The molecule has 5 heteroatoms. The normalized spacial score (nSPS) is 11.8. The Morgan fingerprint density at radius 2 is 2.06 bits per heavy atom. The van der Waals surface area contributed by atoms with Gasteiger partial charge in [0, 0.05) is 15.7 Å². The molecule has 1 heterocycles. The van der Waals surface area contributed by atoms with Crippen molar-refractivity contribution in [1.82, 2.24) is 10.1 Å². The highest BCUT2D eigenvalue weighted by atomic mass is 127. The maximum Gasteiger partial charge on any atom is 0.260 e. The molecule has 2 aromatic rings. The third-order valence-corrected chi connectivity index (χ3v) is 3.07. The summed E-state index contributed by atoms with van der Waals surface area (Å²) in [5, 5.41) is 4.00. The number of hydrogen-bond acceptors (Lipinski definition) is 4. The molecule has 0 aliphatic heterocycles. The third-order valence-electron chi connectivity index (χ3n) is 2.40. The number of nitrogen functional groups attached to an aromatic ring is 1. The summed E-state index contributed by atoms with van der Waals surface area (Å²) in [6.45, 7) is 6.43. The lowest BCUT2D eigenvalue weighted by Gasteiger charge is -2.14. The number of benzene rings is 1. The lowest BCUT2D eigenvalue weighted by atomic mass is 9.92. The third kappa shape index (κ3) is 3.22. The van der Waals surface area contributed by atoms with Crippen LogP contribution in [0.15, 0.2) is 22.7 Å². The summed E-state index contributed by atoms with van der Waals surface area (Å²) in [5.41, 5.74) is 7.52. The van der Waals surface area contributed by atoms with Gasteiger partial charge in [-0.05, 0) is 46.2 Å². The number of hydrogen-bond donors (Lipinski definition) is 1. The summed E-state index contributed by atoms with van der Waals surface area (Å²) in [7, 11) is 0. The number of halogens is 1. The molecule has 0 unspecified atom stereocenters. The molecule has 0 radical (unpaired) electrons. The van der Waals surface area contributed by atoms with Crippen LogP contribution in [-0.2, 0) is 6.42 Å². The van der Waals surface area contributed by atoms with Crippen molar-refractivity contribution in [3.8, 4) is 11.5 Å².